The maximum absolute atomic E-state index is 12.5. The average Bonchev–Trinajstić information content (AvgIpc) is 2.74. The summed E-state index contributed by atoms with van der Waals surface area (Å²) in [6.45, 7) is 0.0149. The number of carboxylic acid groups (broad SMARTS) is 1. The fourth-order valence-electron chi connectivity index (χ4n) is 2.60. The predicted molar refractivity (Wildman–Crippen MR) is 104 cm³/mol. The normalized spacial score (nSPS) is 11.2. The number of aliphatic carboxylic acids is 1. The Kier molecular flexibility index (Phi) is 8.02. The Labute approximate surface area is 168 Å². The molecule has 0 aromatic heterocycles. The summed E-state index contributed by atoms with van der Waals surface area (Å²) in [5, 5.41) is 11.6. The van der Waals surface area contributed by atoms with Crippen molar-refractivity contribution in [1.82, 2.24) is 5.32 Å². The minimum absolute atomic E-state index is 0.0149. The van der Waals surface area contributed by atoms with Crippen LogP contribution in [-0.2, 0) is 16.1 Å². The molecule has 2 N–H and O–H groups in total. The quantitative estimate of drug-likeness (QED) is 0.589. The van der Waals surface area contributed by atoms with E-state index in [1.165, 1.54) is 14.2 Å². The van der Waals surface area contributed by atoms with Crippen LogP contribution in [0.15, 0.2) is 48.5 Å². The summed E-state index contributed by atoms with van der Waals surface area (Å²) >= 11 is 0. The molecule has 0 saturated heterocycles. The lowest BCUT2D eigenvalue weighted by Crippen LogP contribution is -2.41. The van der Waals surface area contributed by atoms with E-state index in [1.54, 1.807) is 42.5 Å². The summed E-state index contributed by atoms with van der Waals surface area (Å²) in [5.74, 6) is -0.701. The van der Waals surface area contributed by atoms with Crippen LogP contribution in [0.3, 0.4) is 0 Å². The standard InChI is InChI=1S/C21H23NO7/c1-27-15-8-9-16(19(12-15)28-2)18(23)11-10-17(20(24)25)22-21(26)29-13-14-6-4-3-5-7-14/h3-9,12,17H,10-11,13H2,1-2H3,(H,22,26)(H,24,25). The van der Waals surface area contributed by atoms with E-state index in [0.717, 1.165) is 5.56 Å². The number of hydrogen-bond acceptors (Lipinski definition) is 6. The lowest BCUT2D eigenvalue weighted by molar-refractivity contribution is -0.139. The number of ether oxygens (including phenoxy) is 3. The number of Topliss-reactive ketones (excluding diaryl/α,β-unsaturated/α-hetero) is 1. The zero-order valence-corrected chi connectivity index (χ0v) is 16.2. The van der Waals surface area contributed by atoms with Gasteiger partial charge in [0.25, 0.3) is 0 Å². The average molecular weight is 401 g/mol. The van der Waals surface area contributed by atoms with Crippen molar-refractivity contribution in [3.05, 3.63) is 59.7 Å². The van der Waals surface area contributed by atoms with Crippen LogP contribution in [0.25, 0.3) is 0 Å². The smallest absolute Gasteiger partial charge is 0.408 e. The van der Waals surface area contributed by atoms with Crippen molar-refractivity contribution >= 4 is 17.8 Å². The molecule has 154 valence electrons. The summed E-state index contributed by atoms with van der Waals surface area (Å²) in [7, 11) is 2.92. The number of methoxy groups -OCH3 is 2. The van der Waals surface area contributed by atoms with Gasteiger partial charge < -0.3 is 24.6 Å². The molecule has 0 saturated carbocycles. The Hall–Kier alpha value is -3.55. The number of hydrogen-bond donors (Lipinski definition) is 2. The van der Waals surface area contributed by atoms with Crippen LogP contribution in [0.4, 0.5) is 4.79 Å². The van der Waals surface area contributed by atoms with E-state index in [1.807, 2.05) is 6.07 Å². The molecule has 1 atom stereocenters. The zero-order chi connectivity index (χ0) is 21.2. The number of carbonyl (C=O) groups excluding carboxylic acids is 2. The van der Waals surface area contributed by atoms with E-state index in [4.69, 9.17) is 14.2 Å². The summed E-state index contributed by atoms with van der Waals surface area (Å²) < 4.78 is 15.3. The molecule has 2 aromatic rings. The Morgan fingerprint density at radius 2 is 1.76 bits per heavy atom. The van der Waals surface area contributed by atoms with Gasteiger partial charge in [-0.1, -0.05) is 30.3 Å². The van der Waals surface area contributed by atoms with E-state index < -0.39 is 18.1 Å². The molecule has 0 aliphatic heterocycles. The highest BCUT2D eigenvalue weighted by atomic mass is 16.5. The van der Waals surface area contributed by atoms with Gasteiger partial charge in [0.05, 0.1) is 19.8 Å². The first-order valence-electron chi connectivity index (χ1n) is 8.89. The third-order valence-electron chi connectivity index (χ3n) is 4.17. The highest BCUT2D eigenvalue weighted by Crippen LogP contribution is 2.26. The second kappa shape index (κ2) is 10.7. The lowest BCUT2D eigenvalue weighted by Gasteiger charge is -2.15. The van der Waals surface area contributed by atoms with Gasteiger partial charge >= 0.3 is 12.1 Å². The molecule has 29 heavy (non-hydrogen) atoms. The molecule has 0 aliphatic rings. The number of rotatable bonds is 10. The second-order valence-electron chi connectivity index (χ2n) is 6.12. The molecule has 0 radical (unpaired) electrons. The van der Waals surface area contributed by atoms with Crippen LogP contribution in [0, 0.1) is 0 Å². The number of alkyl carbamates (subject to hydrolysis) is 1. The summed E-state index contributed by atoms with van der Waals surface area (Å²) in [5.41, 5.74) is 1.08. The van der Waals surface area contributed by atoms with Crippen molar-refractivity contribution in [3.8, 4) is 11.5 Å². The van der Waals surface area contributed by atoms with Gasteiger partial charge in [-0.3, -0.25) is 4.79 Å². The topological polar surface area (TPSA) is 111 Å². The maximum atomic E-state index is 12.5. The van der Waals surface area contributed by atoms with Gasteiger partial charge in [0.15, 0.2) is 5.78 Å². The molecular weight excluding hydrogens is 378 g/mol. The predicted octanol–water partition coefficient (Wildman–Crippen LogP) is 3.05. The van der Waals surface area contributed by atoms with Crippen molar-refractivity contribution in [3.63, 3.8) is 0 Å². The summed E-state index contributed by atoms with van der Waals surface area (Å²) in [6.07, 6.45) is -1.06. The summed E-state index contributed by atoms with van der Waals surface area (Å²) in [6, 6.07) is 12.5. The first-order chi connectivity index (χ1) is 13.9. The Balaban J connectivity index is 1.92. The molecule has 0 fully saturated rings. The fraction of sp³-hybridized carbons (Fsp3) is 0.286. The van der Waals surface area contributed by atoms with Crippen molar-refractivity contribution in [2.75, 3.05) is 14.2 Å². The van der Waals surface area contributed by atoms with Crippen molar-refractivity contribution in [2.45, 2.75) is 25.5 Å². The van der Waals surface area contributed by atoms with E-state index >= 15 is 0 Å². The van der Waals surface area contributed by atoms with Crippen LogP contribution in [0.5, 0.6) is 11.5 Å². The van der Waals surface area contributed by atoms with Crippen LogP contribution in [0.1, 0.15) is 28.8 Å². The number of amides is 1. The van der Waals surface area contributed by atoms with E-state index in [-0.39, 0.29) is 25.2 Å². The fourth-order valence-corrected chi connectivity index (χ4v) is 2.60. The SMILES string of the molecule is COc1ccc(C(=O)CCC(NC(=O)OCc2ccccc2)C(=O)O)c(OC)c1. The van der Waals surface area contributed by atoms with Gasteiger partial charge in [-0.25, -0.2) is 9.59 Å². The zero-order valence-electron chi connectivity index (χ0n) is 16.2. The number of nitrogens with one attached hydrogen (secondary N) is 1. The molecule has 8 heteroatoms. The third kappa shape index (κ3) is 6.53. The monoisotopic (exact) mass is 401 g/mol. The highest BCUT2D eigenvalue weighted by molar-refractivity contribution is 5.99. The Morgan fingerprint density at radius 3 is 2.38 bits per heavy atom. The molecule has 1 unspecified atom stereocenters. The van der Waals surface area contributed by atoms with E-state index in [9.17, 15) is 19.5 Å². The van der Waals surface area contributed by atoms with E-state index in [2.05, 4.69) is 5.32 Å². The molecule has 0 spiro atoms. The number of carboxylic acids is 1. The van der Waals surface area contributed by atoms with Crippen LogP contribution < -0.4 is 14.8 Å². The maximum Gasteiger partial charge on any atom is 0.408 e. The molecule has 8 nitrogen and oxygen atoms in total. The molecule has 2 aromatic carbocycles. The minimum atomic E-state index is -1.26. The van der Waals surface area contributed by atoms with Gasteiger partial charge in [-0.05, 0) is 24.1 Å². The van der Waals surface area contributed by atoms with Crippen molar-refractivity contribution in [1.29, 1.82) is 0 Å². The largest absolute Gasteiger partial charge is 0.497 e. The highest BCUT2D eigenvalue weighted by Gasteiger charge is 2.23. The molecular formula is C21H23NO7. The molecule has 0 aliphatic carbocycles. The third-order valence-corrected chi connectivity index (χ3v) is 4.17. The molecule has 0 heterocycles. The Morgan fingerprint density at radius 1 is 1.03 bits per heavy atom. The first-order valence-corrected chi connectivity index (χ1v) is 8.89. The van der Waals surface area contributed by atoms with Crippen LogP contribution >= 0.6 is 0 Å². The number of carbonyl (C=O) groups is 3. The van der Waals surface area contributed by atoms with Gasteiger partial charge in [0.1, 0.15) is 24.1 Å². The van der Waals surface area contributed by atoms with Crippen molar-refractivity contribution < 1.29 is 33.7 Å². The van der Waals surface area contributed by atoms with Gasteiger partial charge in [-0.2, -0.15) is 0 Å². The lowest BCUT2D eigenvalue weighted by atomic mass is 10.0. The van der Waals surface area contributed by atoms with Crippen LogP contribution in [0.2, 0.25) is 0 Å². The van der Waals surface area contributed by atoms with Crippen LogP contribution in [-0.4, -0.2) is 43.2 Å². The minimum Gasteiger partial charge on any atom is -0.497 e. The summed E-state index contributed by atoms with van der Waals surface area (Å²) in [4.78, 5) is 35.8. The van der Waals surface area contributed by atoms with Gasteiger partial charge in [0.2, 0.25) is 0 Å². The van der Waals surface area contributed by atoms with Gasteiger partial charge in [-0.15, -0.1) is 0 Å². The second-order valence-corrected chi connectivity index (χ2v) is 6.12. The molecule has 2 rings (SSSR count). The molecule has 1 amide bonds. The van der Waals surface area contributed by atoms with Gasteiger partial charge in [0, 0.05) is 12.5 Å². The Bertz CT molecular complexity index is 851. The molecule has 0 bridgehead atoms. The van der Waals surface area contributed by atoms with Crippen molar-refractivity contribution in [2.24, 2.45) is 0 Å². The number of ketones is 1. The van der Waals surface area contributed by atoms with E-state index in [0.29, 0.717) is 17.1 Å². The first kappa shape index (κ1) is 21.7. The number of benzene rings is 2.